The zero-order chi connectivity index (χ0) is 15.4. The Morgan fingerprint density at radius 1 is 1.23 bits per heavy atom. The average Bonchev–Trinajstić information content (AvgIpc) is 3.23. The molecule has 0 spiro atoms. The van der Waals surface area contributed by atoms with E-state index in [0.717, 1.165) is 18.8 Å². The van der Waals surface area contributed by atoms with Crippen LogP contribution < -0.4 is 0 Å². The molecular weight excluding hydrogens is 280 g/mol. The van der Waals surface area contributed by atoms with Crippen molar-refractivity contribution >= 4 is 5.97 Å². The van der Waals surface area contributed by atoms with Gasteiger partial charge in [-0.2, -0.15) is 0 Å². The zero-order valence-corrected chi connectivity index (χ0v) is 12.7. The topological polar surface area (TPSA) is 60.2 Å². The van der Waals surface area contributed by atoms with Crippen molar-refractivity contribution in [2.45, 2.75) is 19.4 Å². The number of hydrogen-bond acceptors (Lipinski definition) is 5. The van der Waals surface area contributed by atoms with Gasteiger partial charge in [-0.1, -0.05) is 0 Å². The highest BCUT2D eigenvalue weighted by Gasteiger charge is 2.12. The molecule has 2 aromatic heterocycles. The van der Waals surface area contributed by atoms with Crippen molar-refractivity contribution in [2.75, 3.05) is 26.7 Å². The highest BCUT2D eigenvalue weighted by atomic mass is 16.5. The number of aromatic nitrogens is 3. The third-order valence-electron chi connectivity index (χ3n) is 3.95. The van der Waals surface area contributed by atoms with Crippen molar-refractivity contribution in [2.24, 2.45) is 0 Å². The van der Waals surface area contributed by atoms with Gasteiger partial charge in [-0.3, -0.25) is 4.98 Å². The summed E-state index contributed by atoms with van der Waals surface area (Å²) in [5.74, 6) is -0.364. The molecule has 0 saturated carbocycles. The van der Waals surface area contributed by atoms with Gasteiger partial charge in [0.05, 0.1) is 24.7 Å². The molecule has 116 valence electrons. The normalized spacial score (nSPS) is 15.1. The Morgan fingerprint density at radius 2 is 2.05 bits per heavy atom. The van der Waals surface area contributed by atoms with Crippen LogP contribution in [0.2, 0.25) is 0 Å². The maximum Gasteiger partial charge on any atom is 0.337 e. The summed E-state index contributed by atoms with van der Waals surface area (Å²) in [6, 6.07) is 3.35. The van der Waals surface area contributed by atoms with E-state index in [2.05, 4.69) is 19.4 Å². The lowest BCUT2D eigenvalue weighted by molar-refractivity contribution is 0.0600. The molecule has 1 aliphatic heterocycles. The van der Waals surface area contributed by atoms with E-state index in [1.54, 1.807) is 18.3 Å². The van der Waals surface area contributed by atoms with Crippen LogP contribution in [0.15, 0.2) is 30.9 Å². The van der Waals surface area contributed by atoms with E-state index >= 15 is 0 Å². The average molecular weight is 300 g/mol. The number of methoxy groups -OCH3 is 1. The predicted molar refractivity (Wildman–Crippen MR) is 82.5 cm³/mol. The summed E-state index contributed by atoms with van der Waals surface area (Å²) in [6.45, 7) is 4.36. The summed E-state index contributed by atoms with van der Waals surface area (Å²) >= 11 is 0. The summed E-state index contributed by atoms with van der Waals surface area (Å²) < 4.78 is 6.80. The molecule has 1 aliphatic rings. The van der Waals surface area contributed by atoms with E-state index in [1.165, 1.54) is 33.0 Å². The molecule has 3 heterocycles. The predicted octanol–water partition coefficient (Wildman–Crippen LogP) is 1.83. The first-order valence-electron chi connectivity index (χ1n) is 7.55. The fourth-order valence-electron chi connectivity index (χ4n) is 2.69. The van der Waals surface area contributed by atoms with Gasteiger partial charge in [-0.25, -0.2) is 9.78 Å². The molecule has 2 aromatic rings. The second-order valence-corrected chi connectivity index (χ2v) is 5.47. The zero-order valence-electron chi connectivity index (χ0n) is 12.7. The van der Waals surface area contributed by atoms with Gasteiger partial charge in [0.15, 0.2) is 0 Å². The molecule has 0 amide bonds. The van der Waals surface area contributed by atoms with Gasteiger partial charge in [-0.15, -0.1) is 0 Å². The summed E-state index contributed by atoms with van der Waals surface area (Å²) in [7, 11) is 1.37. The summed E-state index contributed by atoms with van der Waals surface area (Å²) in [5, 5.41) is 0. The number of carbonyl (C=O) groups is 1. The van der Waals surface area contributed by atoms with Crippen LogP contribution in [-0.4, -0.2) is 52.1 Å². The molecule has 22 heavy (non-hydrogen) atoms. The fourth-order valence-corrected chi connectivity index (χ4v) is 2.69. The lowest BCUT2D eigenvalue weighted by Gasteiger charge is -2.14. The molecule has 1 saturated heterocycles. The lowest BCUT2D eigenvalue weighted by atomic mass is 10.2. The van der Waals surface area contributed by atoms with Crippen LogP contribution in [0.3, 0.4) is 0 Å². The second kappa shape index (κ2) is 6.70. The van der Waals surface area contributed by atoms with E-state index in [9.17, 15) is 4.79 Å². The first-order valence-corrected chi connectivity index (χ1v) is 7.55. The standard InChI is InChI=1S/C16H20N4O2/c1-22-16(21)13-4-5-17-14(10-13)15-11-20(12-18-15)9-8-19-6-2-3-7-19/h4-5,10-12H,2-3,6-9H2,1H3. The Kier molecular flexibility index (Phi) is 4.48. The smallest absolute Gasteiger partial charge is 0.337 e. The minimum absolute atomic E-state index is 0.364. The van der Waals surface area contributed by atoms with E-state index in [4.69, 9.17) is 4.74 Å². The second-order valence-electron chi connectivity index (χ2n) is 5.47. The van der Waals surface area contributed by atoms with Crippen LogP contribution in [0.25, 0.3) is 11.4 Å². The van der Waals surface area contributed by atoms with Crippen LogP contribution in [0, 0.1) is 0 Å². The maximum atomic E-state index is 11.6. The molecule has 1 fully saturated rings. The number of imidazole rings is 1. The number of carbonyl (C=O) groups excluding carboxylic acids is 1. The van der Waals surface area contributed by atoms with Crippen LogP contribution in [0.5, 0.6) is 0 Å². The number of pyridine rings is 1. The van der Waals surface area contributed by atoms with Crippen molar-refractivity contribution in [1.29, 1.82) is 0 Å². The summed E-state index contributed by atoms with van der Waals surface area (Å²) in [6.07, 6.45) is 8.00. The van der Waals surface area contributed by atoms with E-state index in [-0.39, 0.29) is 5.97 Å². The maximum absolute atomic E-state index is 11.6. The number of likely N-dealkylation sites (tertiary alicyclic amines) is 1. The van der Waals surface area contributed by atoms with E-state index in [0.29, 0.717) is 11.3 Å². The van der Waals surface area contributed by atoms with Gasteiger partial charge in [-0.05, 0) is 38.1 Å². The molecular formula is C16H20N4O2. The number of rotatable bonds is 5. The van der Waals surface area contributed by atoms with Crippen LogP contribution in [-0.2, 0) is 11.3 Å². The van der Waals surface area contributed by atoms with Gasteiger partial charge in [0.2, 0.25) is 0 Å². The van der Waals surface area contributed by atoms with Crippen molar-refractivity contribution in [3.8, 4) is 11.4 Å². The van der Waals surface area contributed by atoms with Gasteiger partial charge in [0.25, 0.3) is 0 Å². The SMILES string of the molecule is COC(=O)c1ccnc(-c2cn(CCN3CCCC3)cn2)c1. The van der Waals surface area contributed by atoms with Crippen molar-refractivity contribution in [3.05, 3.63) is 36.4 Å². The third kappa shape index (κ3) is 3.33. The first kappa shape index (κ1) is 14.7. The molecule has 0 aliphatic carbocycles. The van der Waals surface area contributed by atoms with E-state index in [1.807, 2.05) is 12.5 Å². The lowest BCUT2D eigenvalue weighted by Crippen LogP contribution is -2.23. The summed E-state index contributed by atoms with van der Waals surface area (Å²) in [4.78, 5) is 22.7. The monoisotopic (exact) mass is 300 g/mol. The Morgan fingerprint density at radius 3 is 2.82 bits per heavy atom. The molecule has 0 radical (unpaired) electrons. The molecule has 0 aromatic carbocycles. The molecule has 0 N–H and O–H groups in total. The van der Waals surface area contributed by atoms with Gasteiger partial charge in [0, 0.05) is 25.5 Å². The van der Waals surface area contributed by atoms with Crippen LogP contribution >= 0.6 is 0 Å². The minimum atomic E-state index is -0.364. The van der Waals surface area contributed by atoms with Gasteiger partial charge < -0.3 is 14.2 Å². The van der Waals surface area contributed by atoms with E-state index < -0.39 is 0 Å². The highest BCUT2D eigenvalue weighted by Crippen LogP contribution is 2.16. The quantitative estimate of drug-likeness (QED) is 0.788. The van der Waals surface area contributed by atoms with Crippen molar-refractivity contribution in [3.63, 3.8) is 0 Å². The molecule has 3 rings (SSSR count). The molecule has 6 nitrogen and oxygen atoms in total. The largest absolute Gasteiger partial charge is 0.465 e. The number of hydrogen-bond donors (Lipinski definition) is 0. The highest BCUT2D eigenvalue weighted by molar-refractivity contribution is 5.90. The Labute approximate surface area is 129 Å². The third-order valence-corrected chi connectivity index (χ3v) is 3.95. The van der Waals surface area contributed by atoms with Gasteiger partial charge >= 0.3 is 5.97 Å². The Hall–Kier alpha value is -2.21. The molecule has 0 atom stereocenters. The molecule has 0 bridgehead atoms. The summed E-state index contributed by atoms with van der Waals surface area (Å²) in [5.41, 5.74) is 1.94. The fraction of sp³-hybridized carbons (Fsp3) is 0.438. The number of nitrogens with zero attached hydrogens (tertiary/aromatic N) is 4. The van der Waals surface area contributed by atoms with Gasteiger partial charge in [0.1, 0.15) is 5.69 Å². The Bertz CT molecular complexity index is 647. The van der Waals surface area contributed by atoms with Crippen LogP contribution in [0.1, 0.15) is 23.2 Å². The Balaban J connectivity index is 1.68. The molecule has 0 unspecified atom stereocenters. The number of ether oxygens (including phenoxy) is 1. The van der Waals surface area contributed by atoms with Crippen LogP contribution in [0.4, 0.5) is 0 Å². The molecule has 6 heteroatoms. The minimum Gasteiger partial charge on any atom is -0.465 e. The number of esters is 1. The van der Waals surface area contributed by atoms with Crippen molar-refractivity contribution in [1.82, 2.24) is 19.4 Å². The van der Waals surface area contributed by atoms with Crippen molar-refractivity contribution < 1.29 is 9.53 Å². The first-order chi connectivity index (χ1) is 10.8.